The highest BCUT2D eigenvalue weighted by Gasteiger charge is 2.34. The topological polar surface area (TPSA) is 131 Å². The summed E-state index contributed by atoms with van der Waals surface area (Å²) in [4.78, 5) is 25.1. The lowest BCUT2D eigenvalue weighted by Gasteiger charge is -2.36. The number of carboxylic acids is 1. The van der Waals surface area contributed by atoms with Gasteiger partial charge in [0.2, 0.25) is 15.9 Å². The number of nitrogens with zero attached hydrogens (tertiary/aromatic N) is 3. The third-order valence-corrected chi connectivity index (χ3v) is 6.13. The molecule has 1 aromatic rings. The molecule has 1 saturated heterocycles. The number of aryl methyl sites for hydroxylation is 2. The van der Waals surface area contributed by atoms with Crippen LogP contribution in [0.1, 0.15) is 24.7 Å². The SMILES string of the molecule is Cc1nn(C)c(C)c1S(=O)(=O)NC(C)C(=O)N1CCOCC1CC(=O)O. The maximum atomic E-state index is 12.7. The number of ether oxygens (including phenoxy) is 1. The number of hydrogen-bond donors (Lipinski definition) is 2. The van der Waals surface area contributed by atoms with Crippen LogP contribution in [0, 0.1) is 13.8 Å². The van der Waals surface area contributed by atoms with Gasteiger partial charge in [0, 0.05) is 13.6 Å². The van der Waals surface area contributed by atoms with E-state index in [0.29, 0.717) is 11.4 Å². The summed E-state index contributed by atoms with van der Waals surface area (Å²) < 4.78 is 34.5. The van der Waals surface area contributed by atoms with Gasteiger partial charge in [0.1, 0.15) is 4.90 Å². The predicted molar refractivity (Wildman–Crippen MR) is 91.0 cm³/mol. The van der Waals surface area contributed by atoms with Crippen molar-refractivity contribution in [2.24, 2.45) is 7.05 Å². The summed E-state index contributed by atoms with van der Waals surface area (Å²) in [5, 5.41) is 13.1. The van der Waals surface area contributed by atoms with E-state index in [4.69, 9.17) is 9.84 Å². The second-order valence-corrected chi connectivity index (χ2v) is 7.98. The average Bonchev–Trinajstić information content (AvgIpc) is 2.79. The first-order valence-corrected chi connectivity index (χ1v) is 9.65. The van der Waals surface area contributed by atoms with E-state index in [-0.39, 0.29) is 31.1 Å². The highest BCUT2D eigenvalue weighted by molar-refractivity contribution is 7.89. The largest absolute Gasteiger partial charge is 0.481 e. The predicted octanol–water partition coefficient (Wildman–Crippen LogP) is -0.594. The first-order valence-electron chi connectivity index (χ1n) is 8.17. The number of amides is 1. The molecule has 0 saturated carbocycles. The fraction of sp³-hybridized carbons (Fsp3) is 0.667. The number of rotatable bonds is 6. The Labute approximate surface area is 152 Å². The first kappa shape index (κ1) is 20.3. The van der Waals surface area contributed by atoms with Gasteiger partial charge in [-0.05, 0) is 20.8 Å². The van der Waals surface area contributed by atoms with Crippen molar-refractivity contribution in [3.63, 3.8) is 0 Å². The molecule has 11 heteroatoms. The van der Waals surface area contributed by atoms with Crippen molar-refractivity contribution in [2.75, 3.05) is 19.8 Å². The number of carbonyl (C=O) groups excluding carboxylic acids is 1. The number of morpholine rings is 1. The molecule has 0 radical (unpaired) electrons. The van der Waals surface area contributed by atoms with Crippen LogP contribution in [-0.2, 0) is 31.4 Å². The van der Waals surface area contributed by atoms with E-state index in [1.165, 1.54) is 16.5 Å². The molecule has 0 aromatic carbocycles. The summed E-state index contributed by atoms with van der Waals surface area (Å²) >= 11 is 0. The van der Waals surface area contributed by atoms with Gasteiger partial charge in [-0.25, -0.2) is 8.42 Å². The molecule has 0 aliphatic carbocycles. The summed E-state index contributed by atoms with van der Waals surface area (Å²) in [6, 6.07) is -1.67. The van der Waals surface area contributed by atoms with Gasteiger partial charge < -0.3 is 14.7 Å². The molecule has 1 aromatic heterocycles. The molecular weight excluding hydrogens is 364 g/mol. The second-order valence-electron chi connectivity index (χ2n) is 6.32. The van der Waals surface area contributed by atoms with E-state index < -0.39 is 34.0 Å². The molecule has 2 N–H and O–H groups in total. The van der Waals surface area contributed by atoms with Crippen LogP contribution < -0.4 is 4.72 Å². The van der Waals surface area contributed by atoms with Gasteiger partial charge in [-0.3, -0.25) is 14.3 Å². The van der Waals surface area contributed by atoms with Crippen molar-refractivity contribution in [1.82, 2.24) is 19.4 Å². The van der Waals surface area contributed by atoms with E-state index in [9.17, 15) is 18.0 Å². The molecule has 1 fully saturated rings. The minimum atomic E-state index is -3.95. The minimum absolute atomic E-state index is 0.0451. The number of nitrogens with one attached hydrogen (secondary N) is 1. The summed E-state index contributed by atoms with van der Waals surface area (Å²) in [5.74, 6) is -1.53. The molecule has 1 aliphatic heterocycles. The molecule has 2 atom stereocenters. The maximum Gasteiger partial charge on any atom is 0.305 e. The van der Waals surface area contributed by atoms with Gasteiger partial charge in [0.15, 0.2) is 0 Å². The van der Waals surface area contributed by atoms with Gasteiger partial charge in [-0.15, -0.1) is 0 Å². The number of hydrogen-bond acceptors (Lipinski definition) is 6. The second kappa shape index (κ2) is 7.72. The van der Waals surface area contributed by atoms with Crippen LogP contribution in [0.3, 0.4) is 0 Å². The van der Waals surface area contributed by atoms with E-state index in [1.807, 2.05) is 0 Å². The quantitative estimate of drug-likeness (QED) is 0.666. The number of carboxylic acid groups (broad SMARTS) is 1. The van der Waals surface area contributed by atoms with E-state index in [0.717, 1.165) is 0 Å². The molecular formula is C15H24N4O6S. The van der Waals surface area contributed by atoms with Crippen LogP contribution in [0.25, 0.3) is 0 Å². The number of sulfonamides is 1. The third kappa shape index (κ3) is 4.22. The zero-order valence-electron chi connectivity index (χ0n) is 15.2. The molecule has 1 amide bonds. The third-order valence-electron chi connectivity index (χ3n) is 4.33. The standard InChI is InChI=1S/C15H24N4O6S/c1-9-14(11(3)18(4)16-9)26(23,24)17-10(2)15(22)19-5-6-25-8-12(19)7-13(20)21/h10,12,17H,5-8H2,1-4H3,(H,20,21). The first-order chi connectivity index (χ1) is 12.0. The van der Waals surface area contributed by atoms with Crippen LogP contribution >= 0.6 is 0 Å². The zero-order valence-corrected chi connectivity index (χ0v) is 16.0. The average molecular weight is 388 g/mol. The van der Waals surface area contributed by atoms with Gasteiger partial charge in [0.25, 0.3) is 0 Å². The number of aromatic nitrogens is 2. The summed E-state index contributed by atoms with van der Waals surface area (Å²) in [6.45, 7) is 5.26. The summed E-state index contributed by atoms with van der Waals surface area (Å²) in [6.07, 6.45) is -0.258. The fourth-order valence-electron chi connectivity index (χ4n) is 3.05. The van der Waals surface area contributed by atoms with Gasteiger partial charge in [-0.1, -0.05) is 0 Å². The monoisotopic (exact) mass is 388 g/mol. The minimum Gasteiger partial charge on any atom is -0.481 e. The molecule has 0 spiro atoms. The molecule has 26 heavy (non-hydrogen) atoms. The molecule has 2 unspecified atom stereocenters. The van der Waals surface area contributed by atoms with Crippen LogP contribution in [0.5, 0.6) is 0 Å². The molecule has 0 bridgehead atoms. The van der Waals surface area contributed by atoms with E-state index >= 15 is 0 Å². The van der Waals surface area contributed by atoms with Crippen molar-refractivity contribution in [1.29, 1.82) is 0 Å². The van der Waals surface area contributed by atoms with E-state index in [2.05, 4.69) is 9.82 Å². The molecule has 10 nitrogen and oxygen atoms in total. The highest BCUT2D eigenvalue weighted by Crippen LogP contribution is 2.19. The fourth-order valence-corrected chi connectivity index (χ4v) is 4.68. The van der Waals surface area contributed by atoms with Crippen LogP contribution in [0.2, 0.25) is 0 Å². The van der Waals surface area contributed by atoms with Crippen molar-refractivity contribution in [2.45, 2.75) is 44.2 Å². The van der Waals surface area contributed by atoms with Gasteiger partial charge in [0.05, 0.1) is 43.1 Å². The molecule has 146 valence electrons. The van der Waals surface area contributed by atoms with Crippen LogP contribution in [-0.4, -0.2) is 71.9 Å². The van der Waals surface area contributed by atoms with Crippen LogP contribution in [0.15, 0.2) is 4.90 Å². The normalized spacial score (nSPS) is 19.4. The highest BCUT2D eigenvalue weighted by atomic mass is 32.2. The van der Waals surface area contributed by atoms with Gasteiger partial charge >= 0.3 is 5.97 Å². The van der Waals surface area contributed by atoms with Crippen LogP contribution in [0.4, 0.5) is 0 Å². The Kier molecular flexibility index (Phi) is 6.04. The molecule has 2 heterocycles. The Morgan fingerprint density at radius 1 is 1.42 bits per heavy atom. The zero-order chi connectivity index (χ0) is 19.6. The van der Waals surface area contributed by atoms with Crippen molar-refractivity contribution in [3.05, 3.63) is 11.4 Å². The Morgan fingerprint density at radius 2 is 2.08 bits per heavy atom. The summed E-state index contributed by atoms with van der Waals surface area (Å²) in [5.41, 5.74) is 0.803. The Balaban J connectivity index is 2.18. The molecule has 2 rings (SSSR count). The number of carbonyl (C=O) groups is 2. The maximum absolute atomic E-state index is 12.7. The number of aliphatic carboxylic acids is 1. The van der Waals surface area contributed by atoms with Crippen molar-refractivity contribution >= 4 is 21.9 Å². The van der Waals surface area contributed by atoms with Gasteiger partial charge in [-0.2, -0.15) is 9.82 Å². The lowest BCUT2D eigenvalue weighted by atomic mass is 10.1. The Bertz CT molecular complexity index is 803. The Hall–Kier alpha value is -1.98. The van der Waals surface area contributed by atoms with E-state index in [1.54, 1.807) is 20.9 Å². The van der Waals surface area contributed by atoms with Crippen molar-refractivity contribution < 1.29 is 27.9 Å². The summed E-state index contributed by atoms with van der Waals surface area (Å²) in [7, 11) is -2.31. The molecule has 1 aliphatic rings. The van der Waals surface area contributed by atoms with Crippen molar-refractivity contribution in [3.8, 4) is 0 Å². The lowest BCUT2D eigenvalue weighted by molar-refractivity contribution is -0.147. The lowest BCUT2D eigenvalue weighted by Crippen LogP contribution is -2.55. The smallest absolute Gasteiger partial charge is 0.305 e. The Morgan fingerprint density at radius 3 is 2.62 bits per heavy atom.